The molecular formula is C15H19FN2O3S. The van der Waals surface area contributed by atoms with Crippen molar-refractivity contribution in [1.82, 2.24) is 9.62 Å². The lowest BCUT2D eigenvalue weighted by Gasteiger charge is -2.31. The van der Waals surface area contributed by atoms with Gasteiger partial charge < -0.3 is 5.32 Å². The number of carbonyl (C=O) groups is 1. The summed E-state index contributed by atoms with van der Waals surface area (Å²) in [5.41, 5.74) is 0. The fourth-order valence-corrected chi connectivity index (χ4v) is 3.97. The molecule has 1 fully saturated rings. The van der Waals surface area contributed by atoms with Crippen molar-refractivity contribution in [2.24, 2.45) is 5.92 Å². The normalized spacial score (nSPS) is 19.6. The minimum Gasteiger partial charge on any atom is -0.352 e. The zero-order valence-corrected chi connectivity index (χ0v) is 13.0. The Morgan fingerprint density at radius 2 is 2.09 bits per heavy atom. The number of carbonyl (C=O) groups excluding carboxylic acids is 1. The predicted molar refractivity (Wildman–Crippen MR) is 81.1 cm³/mol. The van der Waals surface area contributed by atoms with Gasteiger partial charge in [-0.25, -0.2) is 12.8 Å². The smallest absolute Gasteiger partial charge is 0.243 e. The zero-order chi connectivity index (χ0) is 16.2. The number of sulfonamides is 1. The first-order valence-electron chi connectivity index (χ1n) is 7.09. The molecule has 1 aliphatic heterocycles. The van der Waals surface area contributed by atoms with Crippen molar-refractivity contribution in [2.45, 2.75) is 17.7 Å². The molecule has 120 valence electrons. The van der Waals surface area contributed by atoms with Crippen LogP contribution in [0.15, 0.2) is 41.8 Å². The molecular weight excluding hydrogens is 307 g/mol. The molecule has 0 unspecified atom stereocenters. The van der Waals surface area contributed by atoms with E-state index in [-0.39, 0.29) is 23.3 Å². The molecule has 0 spiro atoms. The standard InChI is InChI=1S/C15H19FN2O3S/c1-2-9-17-15(19)12-4-3-10-18(11-12)22(20,21)14-7-5-13(16)6-8-14/h2,5-8,12H,1,3-4,9-11H2,(H,17,19)/t12-/m1/s1. The van der Waals surface area contributed by atoms with Gasteiger partial charge in [-0.1, -0.05) is 6.08 Å². The van der Waals surface area contributed by atoms with E-state index in [4.69, 9.17) is 0 Å². The molecule has 0 radical (unpaired) electrons. The van der Waals surface area contributed by atoms with Gasteiger partial charge in [0, 0.05) is 19.6 Å². The third kappa shape index (κ3) is 3.72. The van der Waals surface area contributed by atoms with E-state index in [1.165, 1.54) is 16.4 Å². The second kappa shape index (κ2) is 7.02. The monoisotopic (exact) mass is 326 g/mol. The number of hydrogen-bond donors (Lipinski definition) is 1. The van der Waals surface area contributed by atoms with Crippen molar-refractivity contribution in [1.29, 1.82) is 0 Å². The van der Waals surface area contributed by atoms with Crippen molar-refractivity contribution in [3.05, 3.63) is 42.7 Å². The Balaban J connectivity index is 2.12. The number of hydrogen-bond acceptors (Lipinski definition) is 3. The average Bonchev–Trinajstić information content (AvgIpc) is 2.53. The first-order chi connectivity index (χ1) is 10.4. The summed E-state index contributed by atoms with van der Waals surface area (Å²) in [5.74, 6) is -1.03. The van der Waals surface area contributed by atoms with Crippen LogP contribution in [0.5, 0.6) is 0 Å². The summed E-state index contributed by atoms with van der Waals surface area (Å²) in [6.45, 7) is 4.40. The number of rotatable bonds is 5. The topological polar surface area (TPSA) is 66.5 Å². The number of benzene rings is 1. The van der Waals surface area contributed by atoms with Crippen LogP contribution in [0, 0.1) is 11.7 Å². The maximum Gasteiger partial charge on any atom is 0.243 e. The van der Waals surface area contributed by atoms with Gasteiger partial charge in [0.05, 0.1) is 10.8 Å². The quantitative estimate of drug-likeness (QED) is 0.835. The summed E-state index contributed by atoms with van der Waals surface area (Å²) < 4.78 is 39.3. The Kier molecular flexibility index (Phi) is 5.31. The van der Waals surface area contributed by atoms with E-state index < -0.39 is 15.8 Å². The summed E-state index contributed by atoms with van der Waals surface area (Å²) >= 11 is 0. The fourth-order valence-electron chi connectivity index (χ4n) is 2.45. The Labute approximate surface area is 129 Å². The largest absolute Gasteiger partial charge is 0.352 e. The predicted octanol–water partition coefficient (Wildman–Crippen LogP) is 1.53. The molecule has 1 aliphatic rings. The van der Waals surface area contributed by atoms with Crippen molar-refractivity contribution in [3.63, 3.8) is 0 Å². The van der Waals surface area contributed by atoms with Gasteiger partial charge >= 0.3 is 0 Å². The average molecular weight is 326 g/mol. The molecule has 0 aromatic heterocycles. The second-order valence-electron chi connectivity index (χ2n) is 5.19. The van der Waals surface area contributed by atoms with Crippen LogP contribution < -0.4 is 5.32 Å². The van der Waals surface area contributed by atoms with E-state index in [1.807, 2.05) is 0 Å². The molecule has 0 aliphatic carbocycles. The van der Waals surface area contributed by atoms with Gasteiger partial charge in [0.25, 0.3) is 0 Å². The third-order valence-corrected chi connectivity index (χ3v) is 5.51. The molecule has 1 heterocycles. The fraction of sp³-hybridized carbons (Fsp3) is 0.400. The Bertz CT molecular complexity index is 643. The Morgan fingerprint density at radius 3 is 2.73 bits per heavy atom. The van der Waals surface area contributed by atoms with Crippen LogP contribution in [0.2, 0.25) is 0 Å². The summed E-state index contributed by atoms with van der Waals surface area (Å²) in [6, 6.07) is 4.72. The van der Waals surface area contributed by atoms with Gasteiger partial charge in [-0.2, -0.15) is 4.31 Å². The highest BCUT2D eigenvalue weighted by atomic mass is 32.2. The lowest BCUT2D eigenvalue weighted by Crippen LogP contribution is -2.45. The van der Waals surface area contributed by atoms with E-state index in [1.54, 1.807) is 6.08 Å². The minimum atomic E-state index is -3.70. The highest BCUT2D eigenvalue weighted by Gasteiger charge is 2.33. The van der Waals surface area contributed by atoms with Crippen LogP contribution in [-0.2, 0) is 14.8 Å². The van der Waals surface area contributed by atoms with Gasteiger partial charge in [0.2, 0.25) is 15.9 Å². The molecule has 1 atom stereocenters. The molecule has 1 aromatic carbocycles. The SMILES string of the molecule is C=CCNC(=O)[C@@H]1CCCN(S(=O)(=O)c2ccc(F)cc2)C1. The number of piperidine rings is 1. The number of nitrogens with zero attached hydrogens (tertiary/aromatic N) is 1. The summed E-state index contributed by atoms with van der Waals surface area (Å²) in [5, 5.41) is 2.69. The Hall–Kier alpha value is -1.73. The first kappa shape index (κ1) is 16.6. The molecule has 1 N–H and O–H groups in total. The number of amides is 1. The van der Waals surface area contributed by atoms with Crippen LogP contribution in [0.4, 0.5) is 4.39 Å². The van der Waals surface area contributed by atoms with Gasteiger partial charge in [-0.15, -0.1) is 6.58 Å². The molecule has 2 rings (SSSR count). The summed E-state index contributed by atoms with van der Waals surface area (Å²) in [7, 11) is -3.70. The van der Waals surface area contributed by atoms with Crippen molar-refractivity contribution >= 4 is 15.9 Å². The highest BCUT2D eigenvalue weighted by molar-refractivity contribution is 7.89. The maximum atomic E-state index is 12.9. The van der Waals surface area contributed by atoms with Crippen LogP contribution in [0.25, 0.3) is 0 Å². The number of halogens is 1. The van der Waals surface area contributed by atoms with E-state index in [2.05, 4.69) is 11.9 Å². The molecule has 0 saturated carbocycles. The van der Waals surface area contributed by atoms with E-state index >= 15 is 0 Å². The molecule has 0 bridgehead atoms. The molecule has 1 aromatic rings. The lowest BCUT2D eigenvalue weighted by atomic mass is 9.99. The van der Waals surface area contributed by atoms with Crippen LogP contribution >= 0.6 is 0 Å². The van der Waals surface area contributed by atoms with Crippen molar-refractivity contribution in [3.8, 4) is 0 Å². The van der Waals surface area contributed by atoms with Gasteiger partial charge in [0.1, 0.15) is 5.82 Å². The van der Waals surface area contributed by atoms with Crippen LogP contribution in [-0.4, -0.2) is 38.3 Å². The molecule has 1 saturated heterocycles. The molecule has 7 heteroatoms. The number of nitrogens with one attached hydrogen (secondary N) is 1. The van der Waals surface area contributed by atoms with E-state index in [0.29, 0.717) is 25.9 Å². The van der Waals surface area contributed by atoms with Gasteiger partial charge in [-0.3, -0.25) is 4.79 Å². The lowest BCUT2D eigenvalue weighted by molar-refractivity contribution is -0.125. The summed E-state index contributed by atoms with van der Waals surface area (Å²) in [4.78, 5) is 12.0. The second-order valence-corrected chi connectivity index (χ2v) is 7.13. The van der Waals surface area contributed by atoms with Gasteiger partial charge in [-0.05, 0) is 37.1 Å². The van der Waals surface area contributed by atoms with Crippen molar-refractivity contribution < 1.29 is 17.6 Å². The van der Waals surface area contributed by atoms with E-state index in [0.717, 1.165) is 12.1 Å². The highest BCUT2D eigenvalue weighted by Crippen LogP contribution is 2.24. The molecule has 5 nitrogen and oxygen atoms in total. The molecule has 22 heavy (non-hydrogen) atoms. The third-order valence-electron chi connectivity index (χ3n) is 3.63. The van der Waals surface area contributed by atoms with E-state index in [9.17, 15) is 17.6 Å². The zero-order valence-electron chi connectivity index (χ0n) is 12.2. The van der Waals surface area contributed by atoms with Crippen molar-refractivity contribution in [2.75, 3.05) is 19.6 Å². The maximum absolute atomic E-state index is 12.9. The van der Waals surface area contributed by atoms with Crippen LogP contribution in [0.1, 0.15) is 12.8 Å². The van der Waals surface area contributed by atoms with Gasteiger partial charge in [0.15, 0.2) is 0 Å². The Morgan fingerprint density at radius 1 is 1.41 bits per heavy atom. The van der Waals surface area contributed by atoms with Crippen LogP contribution in [0.3, 0.4) is 0 Å². The first-order valence-corrected chi connectivity index (χ1v) is 8.53. The molecule has 1 amide bonds. The minimum absolute atomic E-state index is 0.0426. The summed E-state index contributed by atoms with van der Waals surface area (Å²) in [6.07, 6.45) is 2.85.